The molecule has 8 nitrogen and oxygen atoms in total. The Bertz CT molecular complexity index is 1060. The summed E-state index contributed by atoms with van der Waals surface area (Å²) in [7, 11) is -2.10. The van der Waals surface area contributed by atoms with Gasteiger partial charge >= 0.3 is 0 Å². The van der Waals surface area contributed by atoms with Crippen LogP contribution in [0.4, 0.5) is 11.5 Å². The Morgan fingerprint density at radius 1 is 1.21 bits per heavy atom. The summed E-state index contributed by atoms with van der Waals surface area (Å²) in [4.78, 5) is 21.3. The van der Waals surface area contributed by atoms with Crippen LogP contribution in [0.1, 0.15) is 49.5 Å². The number of hydrogen-bond donors (Lipinski definition) is 2. The molecule has 0 unspecified atom stereocenters. The zero-order valence-corrected chi connectivity index (χ0v) is 21.5. The average Bonchev–Trinajstić information content (AvgIpc) is 2.82. The van der Waals surface area contributed by atoms with E-state index in [9.17, 15) is 13.2 Å². The van der Waals surface area contributed by atoms with Crippen molar-refractivity contribution in [1.29, 1.82) is 0 Å². The number of unbranched alkanes of at least 4 members (excludes halogenated alkanes) is 1. The normalized spacial score (nSPS) is 14.3. The van der Waals surface area contributed by atoms with E-state index in [1.54, 1.807) is 36.3 Å². The molecule has 1 saturated heterocycles. The van der Waals surface area contributed by atoms with Crippen LogP contribution in [0.2, 0.25) is 0 Å². The molecule has 186 valence electrons. The number of benzene rings is 1. The number of carbonyl (C=O) groups excluding carboxylic acids is 1. The van der Waals surface area contributed by atoms with Crippen molar-refractivity contribution in [2.24, 2.45) is 5.92 Å². The van der Waals surface area contributed by atoms with Crippen molar-refractivity contribution in [3.8, 4) is 0 Å². The number of nitrogens with one attached hydrogen (secondary N) is 2. The number of aromatic nitrogens is 1. The minimum Gasteiger partial charge on any atom is -0.352 e. The molecular formula is C25H37N5O3S. The Kier molecular flexibility index (Phi) is 8.90. The van der Waals surface area contributed by atoms with Crippen molar-refractivity contribution < 1.29 is 13.2 Å². The molecule has 1 aliphatic heterocycles. The van der Waals surface area contributed by atoms with Gasteiger partial charge in [-0.05, 0) is 42.5 Å². The van der Waals surface area contributed by atoms with Crippen LogP contribution >= 0.6 is 0 Å². The molecule has 0 bridgehead atoms. The lowest BCUT2D eigenvalue weighted by Crippen LogP contribution is -2.44. The third-order valence-electron chi connectivity index (χ3n) is 5.85. The Labute approximate surface area is 203 Å². The third-order valence-corrected chi connectivity index (χ3v) is 7.23. The van der Waals surface area contributed by atoms with Crippen LogP contribution in [0.3, 0.4) is 0 Å². The quantitative estimate of drug-likeness (QED) is 0.534. The van der Waals surface area contributed by atoms with Gasteiger partial charge in [0, 0.05) is 46.0 Å². The highest BCUT2D eigenvalue weighted by Gasteiger charge is 2.23. The van der Waals surface area contributed by atoms with Crippen molar-refractivity contribution in [1.82, 2.24) is 15.2 Å². The molecule has 1 aliphatic rings. The van der Waals surface area contributed by atoms with Gasteiger partial charge in [0.15, 0.2) is 5.82 Å². The molecule has 34 heavy (non-hydrogen) atoms. The fourth-order valence-corrected chi connectivity index (χ4v) is 5.03. The van der Waals surface area contributed by atoms with E-state index < -0.39 is 10.0 Å². The smallest absolute Gasteiger partial charge is 0.262 e. The maximum absolute atomic E-state index is 13.3. The first-order valence-electron chi connectivity index (χ1n) is 12.0. The molecule has 0 radical (unpaired) electrons. The summed E-state index contributed by atoms with van der Waals surface area (Å²) in [5.74, 6) is 0.851. The van der Waals surface area contributed by atoms with Crippen molar-refractivity contribution >= 4 is 27.4 Å². The molecule has 2 heterocycles. The Hall–Kier alpha value is -2.65. The first-order chi connectivity index (χ1) is 16.2. The third kappa shape index (κ3) is 6.70. The minimum atomic E-state index is -3.85. The fourth-order valence-electron chi connectivity index (χ4n) is 3.98. The van der Waals surface area contributed by atoms with E-state index in [1.165, 1.54) is 0 Å². The number of piperazine rings is 1. The van der Waals surface area contributed by atoms with Gasteiger partial charge in [-0.15, -0.1) is 0 Å². The number of amides is 1. The van der Waals surface area contributed by atoms with Gasteiger partial charge in [0.1, 0.15) is 0 Å². The molecule has 0 spiro atoms. The van der Waals surface area contributed by atoms with Crippen LogP contribution in [0, 0.1) is 5.92 Å². The topological polar surface area (TPSA) is 94.6 Å². The van der Waals surface area contributed by atoms with Crippen molar-refractivity contribution in [3.05, 3.63) is 47.7 Å². The summed E-state index contributed by atoms with van der Waals surface area (Å²) in [6.07, 6.45) is 4.32. The Morgan fingerprint density at radius 3 is 2.50 bits per heavy atom. The highest BCUT2D eigenvalue weighted by atomic mass is 32.2. The van der Waals surface area contributed by atoms with Gasteiger partial charge in [-0.3, -0.25) is 9.52 Å². The molecule has 1 fully saturated rings. The molecule has 1 aromatic heterocycles. The van der Waals surface area contributed by atoms with E-state index in [0.29, 0.717) is 42.6 Å². The average molecular weight is 488 g/mol. The summed E-state index contributed by atoms with van der Waals surface area (Å²) in [5, 5.41) is 3.29. The van der Waals surface area contributed by atoms with E-state index in [1.807, 2.05) is 17.0 Å². The molecule has 9 heteroatoms. The Balaban J connectivity index is 1.92. The van der Waals surface area contributed by atoms with Gasteiger partial charge in [-0.1, -0.05) is 39.3 Å². The summed E-state index contributed by atoms with van der Waals surface area (Å²) in [6, 6.07) is 8.58. The molecule has 3 rings (SSSR count). The van der Waals surface area contributed by atoms with Gasteiger partial charge in [0.25, 0.3) is 15.9 Å². The molecule has 1 amide bonds. The van der Waals surface area contributed by atoms with E-state index in [0.717, 1.165) is 37.9 Å². The molecule has 2 N–H and O–H groups in total. The molecule has 2 aromatic rings. The van der Waals surface area contributed by atoms with Gasteiger partial charge in [0.2, 0.25) is 0 Å². The van der Waals surface area contributed by atoms with E-state index in [-0.39, 0.29) is 10.8 Å². The van der Waals surface area contributed by atoms with E-state index in [4.69, 9.17) is 0 Å². The number of sulfonamides is 1. The summed E-state index contributed by atoms with van der Waals surface area (Å²) in [5.41, 5.74) is 1.78. The van der Waals surface area contributed by atoms with Crippen LogP contribution < -0.4 is 14.9 Å². The van der Waals surface area contributed by atoms with Gasteiger partial charge in [0.05, 0.1) is 16.1 Å². The first-order valence-corrected chi connectivity index (χ1v) is 13.5. The lowest BCUT2D eigenvalue weighted by Gasteiger charge is -2.30. The standard InChI is InChI=1S/C25H37N5O3S/c1-5-6-13-29(4)25(31)21-17-23(24(27-18-21)30-14-11-26-12-15-30)28-34(32,33)22-9-7-20(8-10-22)16-19(2)3/h7-10,17-19,26,28H,5-6,11-16H2,1-4H3. The van der Waals surface area contributed by atoms with E-state index in [2.05, 4.69) is 35.8 Å². The predicted octanol–water partition coefficient (Wildman–Crippen LogP) is 3.36. The first kappa shape index (κ1) is 26.0. The summed E-state index contributed by atoms with van der Waals surface area (Å²) >= 11 is 0. The van der Waals surface area contributed by atoms with Crippen LogP contribution in [-0.4, -0.2) is 64.0 Å². The number of pyridine rings is 1. The molecule has 0 saturated carbocycles. The van der Waals surface area contributed by atoms with Crippen molar-refractivity contribution in [2.45, 2.75) is 44.9 Å². The minimum absolute atomic E-state index is 0.175. The number of hydrogen-bond acceptors (Lipinski definition) is 6. The van der Waals surface area contributed by atoms with Gasteiger partial charge in [-0.2, -0.15) is 0 Å². The van der Waals surface area contributed by atoms with E-state index >= 15 is 0 Å². The zero-order valence-electron chi connectivity index (χ0n) is 20.7. The number of rotatable bonds is 10. The second kappa shape index (κ2) is 11.7. The van der Waals surface area contributed by atoms with Gasteiger partial charge < -0.3 is 15.1 Å². The lowest BCUT2D eigenvalue weighted by atomic mass is 10.0. The second-order valence-electron chi connectivity index (χ2n) is 9.26. The van der Waals surface area contributed by atoms with Gasteiger partial charge in [-0.25, -0.2) is 13.4 Å². The van der Waals surface area contributed by atoms with Crippen molar-refractivity contribution in [3.63, 3.8) is 0 Å². The monoisotopic (exact) mass is 487 g/mol. The molecule has 0 aliphatic carbocycles. The van der Waals surface area contributed by atoms with Crippen LogP contribution in [0.15, 0.2) is 41.4 Å². The van der Waals surface area contributed by atoms with Crippen LogP contribution in [0.5, 0.6) is 0 Å². The highest BCUT2D eigenvalue weighted by molar-refractivity contribution is 7.92. The summed E-state index contributed by atoms with van der Waals surface area (Å²) < 4.78 is 29.2. The summed E-state index contributed by atoms with van der Waals surface area (Å²) in [6.45, 7) is 9.95. The fraction of sp³-hybridized carbons (Fsp3) is 0.520. The van der Waals surface area contributed by atoms with Crippen molar-refractivity contribution in [2.75, 3.05) is 49.4 Å². The van der Waals surface area contributed by atoms with Crippen LogP contribution in [0.25, 0.3) is 0 Å². The predicted molar refractivity (Wildman–Crippen MR) is 137 cm³/mol. The molecular weight excluding hydrogens is 450 g/mol. The van der Waals surface area contributed by atoms with Crippen LogP contribution in [-0.2, 0) is 16.4 Å². The second-order valence-corrected chi connectivity index (χ2v) is 10.9. The Morgan fingerprint density at radius 2 is 1.88 bits per heavy atom. The zero-order chi connectivity index (χ0) is 24.7. The number of nitrogens with zero attached hydrogens (tertiary/aromatic N) is 3. The largest absolute Gasteiger partial charge is 0.352 e. The highest BCUT2D eigenvalue weighted by Crippen LogP contribution is 2.28. The number of carbonyl (C=O) groups is 1. The SMILES string of the molecule is CCCCN(C)C(=O)c1cnc(N2CCNCC2)c(NS(=O)(=O)c2ccc(CC(C)C)cc2)c1. The lowest BCUT2D eigenvalue weighted by molar-refractivity contribution is 0.0793. The molecule has 1 aromatic carbocycles. The molecule has 0 atom stereocenters. The number of anilines is 2. The maximum Gasteiger partial charge on any atom is 0.262 e. The maximum atomic E-state index is 13.3.